The second-order valence-electron chi connectivity index (χ2n) is 7.52. The van der Waals surface area contributed by atoms with E-state index >= 15 is 0 Å². The van der Waals surface area contributed by atoms with E-state index in [1.807, 2.05) is 19.1 Å². The van der Waals surface area contributed by atoms with Crippen LogP contribution in [0.5, 0.6) is 11.5 Å². The Morgan fingerprint density at radius 2 is 1.90 bits per heavy atom. The fraction of sp³-hybridized carbons (Fsp3) is 0.545. The average molecular weight is 430 g/mol. The van der Waals surface area contributed by atoms with E-state index in [4.69, 9.17) is 14.2 Å². The summed E-state index contributed by atoms with van der Waals surface area (Å²) in [7, 11) is 3.17. The smallest absolute Gasteiger partial charge is 0.338 e. The van der Waals surface area contributed by atoms with Crippen molar-refractivity contribution < 1.29 is 19.0 Å². The van der Waals surface area contributed by atoms with Crippen LogP contribution in [0.3, 0.4) is 0 Å². The standard InChI is InChI=1S/C22H31N5O4/c1-5-6-7-8-9-10-13-31-21(28)19-15(2)23-22-24-25-26-27(22)20(19)17-12-11-16(29-3)14-18(17)30-4/h11-12,14,20H,5-10,13H2,1-4H3,(H,23,24,26). The minimum atomic E-state index is -0.579. The molecule has 1 aliphatic heterocycles. The summed E-state index contributed by atoms with van der Waals surface area (Å²) < 4.78 is 18.1. The minimum absolute atomic E-state index is 0.386. The van der Waals surface area contributed by atoms with Gasteiger partial charge in [0.1, 0.15) is 17.5 Å². The molecule has 1 aliphatic rings. The summed E-state index contributed by atoms with van der Waals surface area (Å²) in [6, 6.07) is 4.87. The van der Waals surface area contributed by atoms with E-state index in [2.05, 4.69) is 27.8 Å². The number of tetrazole rings is 1. The average Bonchev–Trinajstić information content (AvgIpc) is 3.25. The summed E-state index contributed by atoms with van der Waals surface area (Å²) in [5.41, 5.74) is 1.84. The number of carbonyl (C=O) groups is 1. The molecular weight excluding hydrogens is 398 g/mol. The Morgan fingerprint density at radius 3 is 2.65 bits per heavy atom. The number of fused-ring (bicyclic) bond motifs is 1. The molecule has 1 atom stereocenters. The second kappa shape index (κ2) is 10.8. The van der Waals surface area contributed by atoms with E-state index in [1.54, 1.807) is 25.0 Å². The third kappa shape index (κ3) is 5.15. The summed E-state index contributed by atoms with van der Waals surface area (Å²) in [5.74, 6) is 1.29. The highest BCUT2D eigenvalue weighted by molar-refractivity contribution is 5.92. The number of methoxy groups -OCH3 is 2. The van der Waals surface area contributed by atoms with Crippen LogP contribution in [0.4, 0.5) is 5.95 Å². The number of hydrogen-bond acceptors (Lipinski definition) is 8. The zero-order chi connectivity index (χ0) is 22.2. The van der Waals surface area contributed by atoms with Gasteiger partial charge in [0.2, 0.25) is 5.95 Å². The summed E-state index contributed by atoms with van der Waals surface area (Å²) in [6.45, 7) is 4.40. The quantitative estimate of drug-likeness (QED) is 0.424. The summed E-state index contributed by atoms with van der Waals surface area (Å²) in [5, 5.41) is 15.0. The van der Waals surface area contributed by atoms with Gasteiger partial charge in [0.25, 0.3) is 0 Å². The molecule has 9 nitrogen and oxygen atoms in total. The van der Waals surface area contributed by atoms with Gasteiger partial charge >= 0.3 is 5.97 Å². The molecule has 9 heteroatoms. The lowest BCUT2D eigenvalue weighted by atomic mass is 9.95. The van der Waals surface area contributed by atoms with Gasteiger partial charge in [-0.25, -0.2) is 4.79 Å². The van der Waals surface area contributed by atoms with Crippen LogP contribution in [0.25, 0.3) is 0 Å². The number of allylic oxidation sites excluding steroid dienone is 1. The molecule has 0 amide bonds. The first-order valence-corrected chi connectivity index (χ1v) is 10.7. The third-order valence-electron chi connectivity index (χ3n) is 5.40. The number of benzene rings is 1. The number of aromatic nitrogens is 4. The molecule has 0 fully saturated rings. The van der Waals surface area contributed by atoms with Crippen molar-refractivity contribution in [3.63, 3.8) is 0 Å². The summed E-state index contributed by atoms with van der Waals surface area (Å²) in [4.78, 5) is 13.1. The molecule has 31 heavy (non-hydrogen) atoms. The number of anilines is 1. The molecule has 0 spiro atoms. The van der Waals surface area contributed by atoms with E-state index in [-0.39, 0.29) is 5.97 Å². The molecule has 1 unspecified atom stereocenters. The van der Waals surface area contributed by atoms with Crippen LogP contribution < -0.4 is 14.8 Å². The highest BCUT2D eigenvalue weighted by atomic mass is 16.5. The van der Waals surface area contributed by atoms with Crippen molar-refractivity contribution in [2.45, 2.75) is 58.4 Å². The number of nitrogens with one attached hydrogen (secondary N) is 1. The van der Waals surface area contributed by atoms with Crippen LogP contribution in [-0.4, -0.2) is 47.0 Å². The largest absolute Gasteiger partial charge is 0.497 e. The first-order valence-electron chi connectivity index (χ1n) is 10.7. The van der Waals surface area contributed by atoms with Crippen molar-refractivity contribution in [3.05, 3.63) is 35.0 Å². The van der Waals surface area contributed by atoms with Gasteiger partial charge in [0.05, 0.1) is 26.4 Å². The zero-order valence-corrected chi connectivity index (χ0v) is 18.7. The van der Waals surface area contributed by atoms with Gasteiger partial charge in [-0.3, -0.25) is 0 Å². The molecule has 2 aromatic rings. The molecule has 1 N–H and O–H groups in total. The number of rotatable bonds is 11. The molecular formula is C22H31N5O4. The lowest BCUT2D eigenvalue weighted by Gasteiger charge is -2.28. The van der Waals surface area contributed by atoms with Crippen LogP contribution in [0.1, 0.15) is 64.0 Å². The molecule has 0 saturated carbocycles. The van der Waals surface area contributed by atoms with Gasteiger partial charge in [-0.2, -0.15) is 4.68 Å². The highest BCUT2D eigenvalue weighted by Gasteiger charge is 2.36. The van der Waals surface area contributed by atoms with E-state index < -0.39 is 6.04 Å². The summed E-state index contributed by atoms with van der Waals surface area (Å²) in [6.07, 6.45) is 6.74. The maximum atomic E-state index is 13.1. The van der Waals surface area contributed by atoms with Crippen molar-refractivity contribution in [1.82, 2.24) is 20.2 Å². The first-order chi connectivity index (χ1) is 15.1. The van der Waals surface area contributed by atoms with Crippen molar-refractivity contribution in [3.8, 4) is 11.5 Å². The highest BCUT2D eigenvalue weighted by Crippen LogP contribution is 2.40. The predicted molar refractivity (Wildman–Crippen MR) is 116 cm³/mol. The molecule has 0 radical (unpaired) electrons. The van der Waals surface area contributed by atoms with E-state index in [0.29, 0.717) is 35.3 Å². The van der Waals surface area contributed by atoms with Gasteiger partial charge in [-0.05, 0) is 35.9 Å². The van der Waals surface area contributed by atoms with Gasteiger partial charge in [0.15, 0.2) is 0 Å². The van der Waals surface area contributed by atoms with E-state index in [1.165, 1.54) is 19.3 Å². The Balaban J connectivity index is 1.82. The van der Waals surface area contributed by atoms with Gasteiger partial charge in [-0.15, -0.1) is 0 Å². The Labute approximate surface area is 182 Å². The van der Waals surface area contributed by atoms with Crippen molar-refractivity contribution in [2.24, 2.45) is 0 Å². The molecule has 0 saturated heterocycles. The topological polar surface area (TPSA) is 100 Å². The van der Waals surface area contributed by atoms with E-state index in [9.17, 15) is 4.79 Å². The fourth-order valence-electron chi connectivity index (χ4n) is 3.73. The van der Waals surface area contributed by atoms with Gasteiger partial charge in [0, 0.05) is 17.3 Å². The number of esters is 1. The molecule has 3 rings (SSSR count). The lowest BCUT2D eigenvalue weighted by Crippen LogP contribution is -2.30. The van der Waals surface area contributed by atoms with Crippen molar-refractivity contribution >= 4 is 11.9 Å². The van der Waals surface area contributed by atoms with Crippen LogP contribution in [-0.2, 0) is 9.53 Å². The van der Waals surface area contributed by atoms with Crippen LogP contribution >= 0.6 is 0 Å². The number of unbranched alkanes of at least 4 members (excludes halogenated alkanes) is 5. The molecule has 2 heterocycles. The Kier molecular flexibility index (Phi) is 7.86. The Hall–Kier alpha value is -3.10. The molecule has 0 aliphatic carbocycles. The first kappa shape index (κ1) is 22.6. The SMILES string of the molecule is CCCCCCCCOC(=O)C1=C(C)Nc2nnnn2C1c1ccc(OC)cc1OC. The van der Waals surface area contributed by atoms with Crippen LogP contribution in [0, 0.1) is 0 Å². The lowest BCUT2D eigenvalue weighted by molar-refractivity contribution is -0.139. The van der Waals surface area contributed by atoms with Crippen molar-refractivity contribution in [2.75, 3.05) is 26.1 Å². The maximum Gasteiger partial charge on any atom is 0.338 e. The normalized spacial score (nSPS) is 15.3. The number of hydrogen-bond donors (Lipinski definition) is 1. The number of ether oxygens (including phenoxy) is 3. The fourth-order valence-corrected chi connectivity index (χ4v) is 3.73. The number of nitrogens with zero attached hydrogens (tertiary/aromatic N) is 4. The van der Waals surface area contributed by atoms with Gasteiger partial charge < -0.3 is 19.5 Å². The summed E-state index contributed by atoms with van der Waals surface area (Å²) >= 11 is 0. The van der Waals surface area contributed by atoms with Crippen LogP contribution in [0.15, 0.2) is 29.5 Å². The Bertz CT molecular complexity index is 924. The molecule has 168 valence electrons. The molecule has 1 aromatic heterocycles. The van der Waals surface area contributed by atoms with Crippen LogP contribution in [0.2, 0.25) is 0 Å². The monoisotopic (exact) mass is 429 g/mol. The third-order valence-corrected chi connectivity index (χ3v) is 5.40. The Morgan fingerprint density at radius 1 is 1.13 bits per heavy atom. The minimum Gasteiger partial charge on any atom is -0.497 e. The zero-order valence-electron chi connectivity index (χ0n) is 18.7. The number of carbonyl (C=O) groups excluding carboxylic acids is 1. The van der Waals surface area contributed by atoms with Crippen molar-refractivity contribution in [1.29, 1.82) is 0 Å². The van der Waals surface area contributed by atoms with Gasteiger partial charge in [-0.1, -0.05) is 44.1 Å². The molecule has 1 aromatic carbocycles. The maximum absolute atomic E-state index is 13.1. The predicted octanol–water partition coefficient (Wildman–Crippen LogP) is 3.88. The molecule has 0 bridgehead atoms. The second-order valence-corrected chi connectivity index (χ2v) is 7.52. The van der Waals surface area contributed by atoms with E-state index in [0.717, 1.165) is 24.8 Å².